The summed E-state index contributed by atoms with van der Waals surface area (Å²) in [6, 6.07) is 8.83. The van der Waals surface area contributed by atoms with E-state index in [4.69, 9.17) is 5.73 Å². The van der Waals surface area contributed by atoms with Crippen LogP contribution in [0.25, 0.3) is 0 Å². The first-order valence-corrected chi connectivity index (χ1v) is 4.14. The molecular formula is C10H15N. The number of aryl methyl sites for hydroxylation is 2. The van der Waals surface area contributed by atoms with E-state index < -0.39 is 0 Å². The van der Waals surface area contributed by atoms with Gasteiger partial charge in [0.15, 0.2) is 0 Å². The molecule has 0 radical (unpaired) electrons. The van der Waals surface area contributed by atoms with Gasteiger partial charge in [-0.25, -0.2) is 0 Å². The van der Waals surface area contributed by atoms with E-state index in [-0.39, 0.29) is 0 Å². The lowest BCUT2D eigenvalue weighted by Crippen LogP contribution is -1.97. The quantitative estimate of drug-likeness (QED) is 0.597. The van der Waals surface area contributed by atoms with Crippen molar-refractivity contribution < 1.29 is 0 Å². The molecule has 3 rings (SSSR count). The largest absolute Gasteiger partial charge is 0.331 e. The van der Waals surface area contributed by atoms with Gasteiger partial charge in [0.1, 0.15) is 0 Å². The van der Waals surface area contributed by atoms with Gasteiger partial charge >= 0.3 is 0 Å². The molecule has 2 aliphatic carbocycles. The lowest BCUT2D eigenvalue weighted by molar-refractivity contribution is 0.921. The molecule has 1 aromatic carbocycles. The number of fused-ring (bicyclic) bond motifs is 3. The number of hydrogen-bond acceptors (Lipinski definition) is 1. The van der Waals surface area contributed by atoms with Crippen LogP contribution >= 0.6 is 0 Å². The van der Waals surface area contributed by atoms with E-state index in [0.29, 0.717) is 0 Å². The summed E-state index contributed by atoms with van der Waals surface area (Å²) in [6.07, 6.45) is 2.53. The van der Waals surface area contributed by atoms with E-state index in [1.807, 2.05) is 6.92 Å². The molecule has 0 heterocycles. The Morgan fingerprint density at radius 1 is 1.09 bits per heavy atom. The van der Waals surface area contributed by atoms with Crippen LogP contribution in [0.15, 0.2) is 24.3 Å². The molecule has 0 saturated heterocycles. The van der Waals surface area contributed by atoms with Gasteiger partial charge < -0.3 is 5.73 Å². The molecule has 2 aliphatic rings. The van der Waals surface area contributed by atoms with Gasteiger partial charge in [-0.1, -0.05) is 31.2 Å². The fourth-order valence-corrected chi connectivity index (χ4v) is 1.16. The molecule has 60 valence electrons. The number of benzene rings is 1. The SMILES string of the molecule is CCN.c1cc2ccc1CC2. The Labute approximate surface area is 68.2 Å². The highest BCUT2D eigenvalue weighted by molar-refractivity contribution is 5.28. The van der Waals surface area contributed by atoms with Crippen LogP contribution in [0.4, 0.5) is 0 Å². The minimum Gasteiger partial charge on any atom is -0.331 e. The molecule has 0 aliphatic heterocycles. The summed E-state index contributed by atoms with van der Waals surface area (Å²) in [5, 5.41) is 0. The fraction of sp³-hybridized carbons (Fsp3) is 0.400. The van der Waals surface area contributed by atoms with Gasteiger partial charge in [-0.15, -0.1) is 0 Å². The minimum atomic E-state index is 0.750. The van der Waals surface area contributed by atoms with Crippen molar-refractivity contribution in [3.8, 4) is 0 Å². The van der Waals surface area contributed by atoms with Crippen LogP contribution < -0.4 is 5.73 Å². The molecule has 0 aromatic heterocycles. The number of nitrogens with two attached hydrogens (primary N) is 1. The first-order chi connectivity index (χ1) is 5.36. The second-order valence-electron chi connectivity index (χ2n) is 2.72. The van der Waals surface area contributed by atoms with Crippen molar-refractivity contribution in [1.82, 2.24) is 0 Å². The number of rotatable bonds is 0. The molecule has 0 unspecified atom stereocenters. The second-order valence-corrected chi connectivity index (χ2v) is 2.72. The highest BCUT2D eigenvalue weighted by atomic mass is 14.5. The standard InChI is InChI=1S/C8H8.C2H7N/c1-2-8-5-3-7(1)4-6-8;1-2-3/h1-3,5H,4,6H2;2-3H2,1H3. The monoisotopic (exact) mass is 149 g/mol. The Hall–Kier alpha value is -0.820. The predicted octanol–water partition coefficient (Wildman–Crippen LogP) is 1.75. The zero-order valence-corrected chi connectivity index (χ0v) is 7.01. The molecular weight excluding hydrogens is 134 g/mol. The average molecular weight is 149 g/mol. The lowest BCUT2D eigenvalue weighted by Gasteiger charge is -2.09. The van der Waals surface area contributed by atoms with E-state index in [0.717, 1.165) is 6.54 Å². The third kappa shape index (κ3) is 2.35. The van der Waals surface area contributed by atoms with Crippen LogP contribution in [0, 0.1) is 0 Å². The predicted molar refractivity (Wildman–Crippen MR) is 48.6 cm³/mol. The molecule has 1 aromatic rings. The maximum absolute atomic E-state index is 4.85. The van der Waals surface area contributed by atoms with Gasteiger partial charge in [-0.2, -0.15) is 0 Å². The Kier molecular flexibility index (Phi) is 3.12. The third-order valence-electron chi connectivity index (χ3n) is 1.73. The molecule has 11 heavy (non-hydrogen) atoms. The van der Waals surface area contributed by atoms with Crippen molar-refractivity contribution >= 4 is 0 Å². The maximum Gasteiger partial charge on any atom is -0.0106 e. The van der Waals surface area contributed by atoms with Crippen molar-refractivity contribution in [2.75, 3.05) is 6.54 Å². The first-order valence-electron chi connectivity index (χ1n) is 4.14. The Bertz CT molecular complexity index is 178. The Morgan fingerprint density at radius 3 is 1.45 bits per heavy atom. The van der Waals surface area contributed by atoms with Gasteiger partial charge in [0.2, 0.25) is 0 Å². The van der Waals surface area contributed by atoms with E-state index in [1.165, 1.54) is 24.0 Å². The maximum atomic E-state index is 4.85. The van der Waals surface area contributed by atoms with Crippen LogP contribution in [-0.4, -0.2) is 6.54 Å². The van der Waals surface area contributed by atoms with E-state index in [9.17, 15) is 0 Å². The summed E-state index contributed by atoms with van der Waals surface area (Å²) in [4.78, 5) is 0. The molecule has 1 heteroatoms. The lowest BCUT2D eigenvalue weighted by atomic mass is 9.97. The highest BCUT2D eigenvalue weighted by Crippen LogP contribution is 2.14. The van der Waals surface area contributed by atoms with Crippen molar-refractivity contribution in [3.63, 3.8) is 0 Å². The summed E-state index contributed by atoms with van der Waals surface area (Å²) >= 11 is 0. The summed E-state index contributed by atoms with van der Waals surface area (Å²) in [5.41, 5.74) is 7.82. The molecule has 0 amide bonds. The molecule has 2 bridgehead atoms. The topological polar surface area (TPSA) is 26.0 Å². The molecule has 0 fully saturated rings. The molecule has 2 N–H and O–H groups in total. The zero-order chi connectivity index (χ0) is 8.10. The van der Waals surface area contributed by atoms with Gasteiger partial charge in [0.25, 0.3) is 0 Å². The Balaban J connectivity index is 0.000000179. The second kappa shape index (κ2) is 4.14. The van der Waals surface area contributed by atoms with E-state index in [2.05, 4.69) is 24.3 Å². The average Bonchev–Trinajstić information content (AvgIpc) is 2.09. The van der Waals surface area contributed by atoms with Crippen LogP contribution in [0.2, 0.25) is 0 Å². The Morgan fingerprint density at radius 2 is 1.36 bits per heavy atom. The van der Waals surface area contributed by atoms with E-state index in [1.54, 1.807) is 0 Å². The highest BCUT2D eigenvalue weighted by Gasteiger charge is 2.01. The zero-order valence-electron chi connectivity index (χ0n) is 7.01. The molecule has 0 spiro atoms. The first kappa shape index (κ1) is 8.28. The third-order valence-corrected chi connectivity index (χ3v) is 1.73. The van der Waals surface area contributed by atoms with Gasteiger partial charge in [-0.3, -0.25) is 0 Å². The minimum absolute atomic E-state index is 0.750. The normalized spacial score (nSPS) is 12.2. The summed E-state index contributed by atoms with van der Waals surface area (Å²) < 4.78 is 0. The van der Waals surface area contributed by atoms with Crippen LogP contribution in [0.5, 0.6) is 0 Å². The summed E-state index contributed by atoms with van der Waals surface area (Å²) in [7, 11) is 0. The summed E-state index contributed by atoms with van der Waals surface area (Å²) in [6.45, 7) is 2.65. The smallest absolute Gasteiger partial charge is 0.0106 e. The number of hydrogen-bond donors (Lipinski definition) is 1. The summed E-state index contributed by atoms with van der Waals surface area (Å²) in [5.74, 6) is 0. The van der Waals surface area contributed by atoms with Crippen molar-refractivity contribution in [1.29, 1.82) is 0 Å². The van der Waals surface area contributed by atoms with Gasteiger partial charge in [0.05, 0.1) is 0 Å². The molecule has 0 saturated carbocycles. The van der Waals surface area contributed by atoms with Crippen molar-refractivity contribution in [2.24, 2.45) is 5.73 Å². The van der Waals surface area contributed by atoms with Crippen LogP contribution in [-0.2, 0) is 12.8 Å². The van der Waals surface area contributed by atoms with Gasteiger partial charge in [0, 0.05) is 0 Å². The van der Waals surface area contributed by atoms with E-state index >= 15 is 0 Å². The fourth-order valence-electron chi connectivity index (χ4n) is 1.16. The van der Waals surface area contributed by atoms with Crippen molar-refractivity contribution in [3.05, 3.63) is 35.4 Å². The molecule has 0 atom stereocenters. The van der Waals surface area contributed by atoms with Crippen LogP contribution in [0.3, 0.4) is 0 Å². The van der Waals surface area contributed by atoms with Crippen LogP contribution in [0.1, 0.15) is 18.1 Å². The molecule has 1 nitrogen and oxygen atoms in total. The van der Waals surface area contributed by atoms with Gasteiger partial charge in [-0.05, 0) is 30.5 Å². The van der Waals surface area contributed by atoms with Crippen molar-refractivity contribution in [2.45, 2.75) is 19.8 Å².